The zero-order valence-corrected chi connectivity index (χ0v) is 17.2. The normalized spacial score (nSPS) is 17.1. The smallest absolute Gasteiger partial charge is 0.209 e. The van der Waals surface area contributed by atoms with Gasteiger partial charge in [-0.1, -0.05) is 30.3 Å². The number of benzene rings is 2. The minimum absolute atomic E-state index is 0.0845. The van der Waals surface area contributed by atoms with Gasteiger partial charge in [-0.15, -0.1) is 0 Å². The molecule has 5 rings (SSSR count). The second-order valence-corrected chi connectivity index (χ2v) is 7.84. The van der Waals surface area contributed by atoms with Gasteiger partial charge in [0.15, 0.2) is 5.69 Å². The van der Waals surface area contributed by atoms with Crippen molar-refractivity contribution in [3.63, 3.8) is 0 Å². The number of phenols is 1. The van der Waals surface area contributed by atoms with E-state index in [0.717, 1.165) is 43.0 Å². The Hall–Kier alpha value is -3.58. The summed E-state index contributed by atoms with van der Waals surface area (Å²) in [7, 11) is 0. The molecule has 1 aromatic heterocycles. The van der Waals surface area contributed by atoms with Gasteiger partial charge in [0.2, 0.25) is 5.43 Å². The predicted octanol–water partition coefficient (Wildman–Crippen LogP) is 3.16. The first kappa shape index (κ1) is 19.4. The van der Waals surface area contributed by atoms with E-state index in [0.29, 0.717) is 18.0 Å². The number of phenolic OH excluding ortho intramolecular Hbond substituents is 1. The lowest BCUT2D eigenvalue weighted by Gasteiger charge is -2.34. The number of aromatic hydroxyl groups is 1. The van der Waals surface area contributed by atoms with Crippen LogP contribution in [0.5, 0.6) is 5.75 Å². The maximum atomic E-state index is 12.7. The van der Waals surface area contributed by atoms with Gasteiger partial charge in [-0.05, 0) is 43.2 Å². The van der Waals surface area contributed by atoms with Crippen molar-refractivity contribution in [1.29, 1.82) is 0 Å². The summed E-state index contributed by atoms with van der Waals surface area (Å²) in [6.07, 6.45) is 5.58. The van der Waals surface area contributed by atoms with E-state index in [9.17, 15) is 9.90 Å². The first-order valence-corrected chi connectivity index (χ1v) is 10.6. The van der Waals surface area contributed by atoms with Crippen molar-refractivity contribution >= 4 is 17.1 Å². The Bertz CT molecular complexity index is 1150. The molecule has 0 amide bonds. The molecule has 0 unspecified atom stereocenters. The van der Waals surface area contributed by atoms with Gasteiger partial charge in [-0.2, -0.15) is 5.10 Å². The molecule has 31 heavy (non-hydrogen) atoms. The van der Waals surface area contributed by atoms with E-state index in [1.165, 1.54) is 0 Å². The summed E-state index contributed by atoms with van der Waals surface area (Å²) in [5.41, 5.74) is 6.30. The molecule has 0 saturated carbocycles. The van der Waals surface area contributed by atoms with Gasteiger partial charge >= 0.3 is 0 Å². The van der Waals surface area contributed by atoms with Gasteiger partial charge < -0.3 is 10.0 Å². The number of rotatable bonds is 4. The first-order valence-electron chi connectivity index (χ1n) is 10.6. The summed E-state index contributed by atoms with van der Waals surface area (Å²) in [6, 6.07) is 19.2. The number of nitrogens with zero attached hydrogens (tertiary/aromatic N) is 4. The molecule has 3 heterocycles. The summed E-state index contributed by atoms with van der Waals surface area (Å²) >= 11 is 0. The average molecular weight is 415 g/mol. The monoisotopic (exact) mass is 415 g/mol. The standard InChI is InChI=1S/C24H25N5O2/c30-22-9-5-4-8-20(22)27-15-11-18(12-16-27)28-17-13-23(31)24(26-28)21-10-14-25-29(21)19-6-2-1-3-7-19/h1-10,13,17-18,25,30H,11-12,14-16H2. The Balaban J connectivity index is 1.36. The molecule has 2 aliphatic rings. The van der Waals surface area contributed by atoms with E-state index in [1.54, 1.807) is 18.3 Å². The average Bonchev–Trinajstić information content (AvgIpc) is 3.30. The number of hydrogen-bond acceptors (Lipinski definition) is 6. The number of piperidine rings is 1. The quantitative estimate of drug-likeness (QED) is 0.682. The van der Waals surface area contributed by atoms with Crippen molar-refractivity contribution in [3.8, 4) is 5.75 Å². The van der Waals surface area contributed by atoms with Crippen LogP contribution in [-0.2, 0) is 0 Å². The predicted molar refractivity (Wildman–Crippen MR) is 122 cm³/mol. The van der Waals surface area contributed by atoms with Gasteiger partial charge in [0, 0.05) is 31.9 Å². The van der Waals surface area contributed by atoms with E-state index in [-0.39, 0.29) is 11.5 Å². The largest absolute Gasteiger partial charge is 0.506 e. The lowest BCUT2D eigenvalue weighted by atomic mass is 10.0. The Morgan fingerprint density at radius 3 is 2.48 bits per heavy atom. The first-order chi connectivity index (χ1) is 15.2. The van der Waals surface area contributed by atoms with Crippen molar-refractivity contribution in [2.75, 3.05) is 29.5 Å². The molecule has 0 radical (unpaired) electrons. The van der Waals surface area contributed by atoms with Crippen LogP contribution in [0.4, 0.5) is 11.4 Å². The fraction of sp³-hybridized carbons (Fsp3) is 0.250. The molecule has 1 fully saturated rings. The number of para-hydroxylation sites is 3. The van der Waals surface area contributed by atoms with Crippen molar-refractivity contribution in [2.24, 2.45) is 0 Å². The zero-order chi connectivity index (χ0) is 21.2. The topological polar surface area (TPSA) is 73.6 Å². The van der Waals surface area contributed by atoms with Crippen LogP contribution in [0.15, 0.2) is 77.7 Å². The molecule has 0 spiro atoms. The van der Waals surface area contributed by atoms with E-state index in [1.807, 2.05) is 64.3 Å². The fourth-order valence-corrected chi connectivity index (χ4v) is 4.32. The molecule has 7 nitrogen and oxygen atoms in total. The van der Waals surface area contributed by atoms with E-state index in [2.05, 4.69) is 10.3 Å². The number of hydrogen-bond donors (Lipinski definition) is 2. The molecule has 0 atom stereocenters. The third-order valence-electron chi connectivity index (χ3n) is 5.93. The van der Waals surface area contributed by atoms with Crippen LogP contribution in [0.2, 0.25) is 0 Å². The lowest BCUT2D eigenvalue weighted by molar-refractivity contribution is 0.358. The Kier molecular flexibility index (Phi) is 5.18. The molecular formula is C24H25N5O2. The maximum Gasteiger partial charge on any atom is 0.209 e. The molecule has 7 heteroatoms. The minimum Gasteiger partial charge on any atom is -0.506 e. The van der Waals surface area contributed by atoms with Crippen molar-refractivity contribution in [1.82, 2.24) is 15.2 Å². The molecule has 2 N–H and O–H groups in total. The summed E-state index contributed by atoms with van der Waals surface area (Å²) in [4.78, 5) is 14.9. The number of aromatic nitrogens is 2. The fourth-order valence-electron chi connectivity index (χ4n) is 4.32. The zero-order valence-electron chi connectivity index (χ0n) is 17.2. The SMILES string of the molecule is O=c1ccn(C2CCN(c3ccccc3O)CC2)nc1C1=CCNN1c1ccccc1. The van der Waals surface area contributed by atoms with Crippen molar-refractivity contribution < 1.29 is 5.11 Å². The van der Waals surface area contributed by atoms with Crippen molar-refractivity contribution in [3.05, 3.63) is 88.9 Å². The third kappa shape index (κ3) is 3.80. The highest BCUT2D eigenvalue weighted by Gasteiger charge is 2.25. The van der Waals surface area contributed by atoms with Crippen LogP contribution >= 0.6 is 0 Å². The van der Waals surface area contributed by atoms with Gasteiger partial charge in [0.05, 0.1) is 23.1 Å². The Morgan fingerprint density at radius 2 is 1.71 bits per heavy atom. The summed E-state index contributed by atoms with van der Waals surface area (Å²) in [5, 5.41) is 16.8. The van der Waals surface area contributed by atoms with Crippen LogP contribution in [-0.4, -0.2) is 34.5 Å². The van der Waals surface area contributed by atoms with Crippen LogP contribution in [0, 0.1) is 0 Å². The molecule has 2 aliphatic heterocycles. The Morgan fingerprint density at radius 1 is 0.968 bits per heavy atom. The lowest BCUT2D eigenvalue weighted by Crippen LogP contribution is -2.36. The molecule has 0 bridgehead atoms. The van der Waals surface area contributed by atoms with Gasteiger partial charge in [0.1, 0.15) is 5.75 Å². The third-order valence-corrected chi connectivity index (χ3v) is 5.93. The molecule has 0 aliphatic carbocycles. The van der Waals surface area contributed by atoms with Crippen molar-refractivity contribution in [2.45, 2.75) is 18.9 Å². The van der Waals surface area contributed by atoms with E-state index >= 15 is 0 Å². The van der Waals surface area contributed by atoms with E-state index < -0.39 is 0 Å². The number of nitrogens with one attached hydrogen (secondary N) is 1. The summed E-state index contributed by atoms with van der Waals surface area (Å²) < 4.78 is 1.93. The van der Waals surface area contributed by atoms with E-state index in [4.69, 9.17) is 5.10 Å². The Labute approximate surface area is 180 Å². The second-order valence-electron chi connectivity index (χ2n) is 7.84. The maximum absolute atomic E-state index is 12.7. The molecular weight excluding hydrogens is 390 g/mol. The van der Waals surface area contributed by atoms with Crippen LogP contribution in [0.25, 0.3) is 5.70 Å². The summed E-state index contributed by atoms with van der Waals surface area (Å²) in [6.45, 7) is 2.30. The summed E-state index contributed by atoms with van der Waals surface area (Å²) in [5.74, 6) is 0.311. The molecule has 158 valence electrons. The van der Waals surface area contributed by atoms with Gasteiger partial charge in [0.25, 0.3) is 0 Å². The van der Waals surface area contributed by atoms with Crippen LogP contribution < -0.4 is 20.8 Å². The molecule has 3 aromatic rings. The molecule has 2 aromatic carbocycles. The highest BCUT2D eigenvalue weighted by atomic mass is 16.3. The van der Waals surface area contributed by atoms with Crippen LogP contribution in [0.1, 0.15) is 24.6 Å². The minimum atomic E-state index is -0.0845. The number of anilines is 2. The number of hydrazine groups is 1. The second kappa shape index (κ2) is 8.28. The highest BCUT2D eigenvalue weighted by molar-refractivity contribution is 5.78. The molecule has 1 saturated heterocycles. The highest BCUT2D eigenvalue weighted by Crippen LogP contribution is 2.32. The van der Waals surface area contributed by atoms with Gasteiger partial charge in [-0.3, -0.25) is 14.5 Å². The van der Waals surface area contributed by atoms with Crippen LogP contribution in [0.3, 0.4) is 0 Å². The van der Waals surface area contributed by atoms with Gasteiger partial charge in [-0.25, -0.2) is 5.43 Å².